The Morgan fingerprint density at radius 2 is 2.00 bits per heavy atom. The van der Waals surface area contributed by atoms with Crippen LogP contribution in [0.4, 0.5) is 11.4 Å². The van der Waals surface area contributed by atoms with Gasteiger partial charge in [0.2, 0.25) is 11.8 Å². The number of rotatable bonds is 7. The molecule has 3 aromatic rings. The molecule has 0 radical (unpaired) electrons. The molecule has 0 fully saturated rings. The second-order valence-electron chi connectivity index (χ2n) is 6.45. The summed E-state index contributed by atoms with van der Waals surface area (Å²) in [5, 5.41) is 24.1. The van der Waals surface area contributed by atoms with Crippen LogP contribution in [0.5, 0.6) is 0 Å². The van der Waals surface area contributed by atoms with E-state index >= 15 is 0 Å². The number of carbonyl (C=O) groups is 2. The normalized spacial score (nSPS) is 10.4. The SMILES string of the molecule is CCn1c(SCC(=O)Nc2cc(Cl)ccc2C#N)nnc1-c1cccc(NC(C)=O)c1. The molecule has 0 bridgehead atoms. The molecule has 2 amide bonds. The van der Waals surface area contributed by atoms with Crippen LogP contribution in [0.2, 0.25) is 5.02 Å². The van der Waals surface area contributed by atoms with Crippen LogP contribution < -0.4 is 10.6 Å². The lowest BCUT2D eigenvalue weighted by molar-refractivity contribution is -0.114. The molecule has 10 heteroatoms. The first kappa shape index (κ1) is 22.3. The van der Waals surface area contributed by atoms with E-state index in [-0.39, 0.29) is 17.6 Å². The van der Waals surface area contributed by atoms with Gasteiger partial charge in [-0.05, 0) is 37.3 Å². The van der Waals surface area contributed by atoms with Crippen LogP contribution in [0, 0.1) is 11.3 Å². The summed E-state index contributed by atoms with van der Waals surface area (Å²) in [5.41, 5.74) is 2.17. The van der Waals surface area contributed by atoms with Crippen molar-refractivity contribution >= 4 is 46.6 Å². The van der Waals surface area contributed by atoms with Crippen LogP contribution in [0.25, 0.3) is 11.4 Å². The fraction of sp³-hybridized carbons (Fsp3) is 0.190. The van der Waals surface area contributed by atoms with Crippen molar-refractivity contribution in [3.63, 3.8) is 0 Å². The molecule has 1 heterocycles. The Balaban J connectivity index is 1.73. The predicted octanol–water partition coefficient (Wildman–Crippen LogP) is 4.18. The molecule has 31 heavy (non-hydrogen) atoms. The first-order valence-corrected chi connectivity index (χ1v) is 10.7. The molecule has 0 spiro atoms. The molecule has 0 atom stereocenters. The number of thioether (sulfide) groups is 1. The number of hydrogen-bond acceptors (Lipinski definition) is 6. The topological polar surface area (TPSA) is 113 Å². The molecule has 1 aromatic heterocycles. The van der Waals surface area contributed by atoms with Gasteiger partial charge in [-0.3, -0.25) is 9.59 Å². The summed E-state index contributed by atoms with van der Waals surface area (Å²) >= 11 is 7.20. The molecule has 0 aliphatic rings. The fourth-order valence-corrected chi connectivity index (χ4v) is 3.84. The average molecular weight is 455 g/mol. The molecule has 0 aliphatic carbocycles. The van der Waals surface area contributed by atoms with Gasteiger partial charge in [0.05, 0.1) is 17.0 Å². The summed E-state index contributed by atoms with van der Waals surface area (Å²) in [6.07, 6.45) is 0. The van der Waals surface area contributed by atoms with E-state index in [2.05, 4.69) is 20.8 Å². The Morgan fingerprint density at radius 1 is 1.19 bits per heavy atom. The molecule has 8 nitrogen and oxygen atoms in total. The third kappa shape index (κ3) is 5.63. The second kappa shape index (κ2) is 10.1. The highest BCUT2D eigenvalue weighted by atomic mass is 35.5. The van der Waals surface area contributed by atoms with Crippen LogP contribution in [-0.4, -0.2) is 32.3 Å². The maximum absolute atomic E-state index is 12.4. The summed E-state index contributed by atoms with van der Waals surface area (Å²) in [4.78, 5) is 23.7. The van der Waals surface area contributed by atoms with Gasteiger partial charge in [0.15, 0.2) is 11.0 Å². The number of amides is 2. The highest BCUT2D eigenvalue weighted by molar-refractivity contribution is 7.99. The van der Waals surface area contributed by atoms with Crippen molar-refractivity contribution < 1.29 is 9.59 Å². The number of halogens is 1. The minimum atomic E-state index is -0.288. The molecular formula is C21H19ClN6O2S. The van der Waals surface area contributed by atoms with E-state index in [4.69, 9.17) is 11.6 Å². The van der Waals surface area contributed by atoms with Gasteiger partial charge in [0.1, 0.15) is 6.07 Å². The van der Waals surface area contributed by atoms with Crippen LogP contribution in [0.1, 0.15) is 19.4 Å². The lowest BCUT2D eigenvalue weighted by Gasteiger charge is -2.10. The first-order chi connectivity index (χ1) is 14.9. The Kier molecular flexibility index (Phi) is 7.28. The van der Waals surface area contributed by atoms with E-state index in [9.17, 15) is 14.9 Å². The van der Waals surface area contributed by atoms with E-state index in [1.54, 1.807) is 18.2 Å². The van der Waals surface area contributed by atoms with Crippen molar-refractivity contribution in [2.24, 2.45) is 0 Å². The van der Waals surface area contributed by atoms with Crippen LogP contribution in [-0.2, 0) is 16.1 Å². The van der Waals surface area contributed by atoms with Gasteiger partial charge in [-0.2, -0.15) is 5.26 Å². The summed E-state index contributed by atoms with van der Waals surface area (Å²) in [5.74, 6) is 0.278. The number of benzene rings is 2. The van der Waals surface area contributed by atoms with E-state index in [1.165, 1.54) is 24.8 Å². The highest BCUT2D eigenvalue weighted by Crippen LogP contribution is 2.26. The van der Waals surface area contributed by atoms with Crippen LogP contribution in [0.3, 0.4) is 0 Å². The Bertz CT molecular complexity index is 1170. The van der Waals surface area contributed by atoms with Crippen molar-refractivity contribution in [2.75, 3.05) is 16.4 Å². The van der Waals surface area contributed by atoms with Crippen molar-refractivity contribution in [1.82, 2.24) is 14.8 Å². The van der Waals surface area contributed by atoms with Gasteiger partial charge < -0.3 is 15.2 Å². The maximum atomic E-state index is 12.4. The predicted molar refractivity (Wildman–Crippen MR) is 121 cm³/mol. The average Bonchev–Trinajstić information content (AvgIpc) is 3.15. The largest absolute Gasteiger partial charge is 0.326 e. The van der Waals surface area contributed by atoms with Crippen molar-refractivity contribution in [2.45, 2.75) is 25.5 Å². The van der Waals surface area contributed by atoms with Crippen molar-refractivity contribution in [3.8, 4) is 17.5 Å². The lowest BCUT2D eigenvalue weighted by Crippen LogP contribution is -2.15. The van der Waals surface area contributed by atoms with Crippen LogP contribution >= 0.6 is 23.4 Å². The molecule has 0 saturated carbocycles. The van der Waals surface area contributed by atoms with Gasteiger partial charge >= 0.3 is 0 Å². The lowest BCUT2D eigenvalue weighted by atomic mass is 10.2. The molecule has 0 aliphatic heterocycles. The summed E-state index contributed by atoms with van der Waals surface area (Å²) in [6.45, 7) is 4.01. The zero-order chi connectivity index (χ0) is 22.4. The van der Waals surface area contributed by atoms with Crippen molar-refractivity contribution in [1.29, 1.82) is 5.26 Å². The van der Waals surface area contributed by atoms with E-state index in [0.717, 1.165) is 5.56 Å². The summed E-state index contributed by atoms with van der Waals surface area (Å²) < 4.78 is 1.89. The third-order valence-electron chi connectivity index (χ3n) is 4.18. The Morgan fingerprint density at radius 3 is 2.71 bits per heavy atom. The smallest absolute Gasteiger partial charge is 0.234 e. The number of hydrogen-bond donors (Lipinski definition) is 2. The van der Waals surface area contributed by atoms with E-state index < -0.39 is 0 Å². The quantitative estimate of drug-likeness (QED) is 0.518. The number of nitriles is 1. The third-order valence-corrected chi connectivity index (χ3v) is 5.38. The zero-order valence-corrected chi connectivity index (χ0v) is 18.4. The summed E-state index contributed by atoms with van der Waals surface area (Å²) in [7, 11) is 0. The fourth-order valence-electron chi connectivity index (χ4n) is 2.87. The molecule has 158 valence electrons. The molecule has 2 N–H and O–H groups in total. The maximum Gasteiger partial charge on any atom is 0.234 e. The minimum absolute atomic E-state index is 0.0848. The Labute approximate surface area is 188 Å². The van der Waals surface area contributed by atoms with Crippen molar-refractivity contribution in [3.05, 3.63) is 53.1 Å². The molecule has 0 unspecified atom stereocenters. The number of nitrogens with one attached hydrogen (secondary N) is 2. The van der Waals surface area contributed by atoms with Gasteiger partial charge in [-0.15, -0.1) is 10.2 Å². The number of nitrogens with zero attached hydrogens (tertiary/aromatic N) is 4. The molecule has 2 aromatic carbocycles. The number of aromatic nitrogens is 3. The molecular weight excluding hydrogens is 436 g/mol. The van der Waals surface area contributed by atoms with E-state index in [1.807, 2.05) is 35.8 Å². The molecule has 0 saturated heterocycles. The van der Waals surface area contributed by atoms with Gasteiger partial charge in [-0.1, -0.05) is 35.5 Å². The number of anilines is 2. The Hall–Kier alpha value is -3.35. The van der Waals surface area contributed by atoms with E-state index in [0.29, 0.717) is 39.5 Å². The first-order valence-electron chi connectivity index (χ1n) is 9.34. The van der Waals surface area contributed by atoms with Gasteiger partial charge in [0.25, 0.3) is 0 Å². The highest BCUT2D eigenvalue weighted by Gasteiger charge is 2.16. The number of carbonyl (C=O) groups excluding carboxylic acids is 2. The van der Waals surface area contributed by atoms with Crippen LogP contribution in [0.15, 0.2) is 47.6 Å². The summed E-state index contributed by atoms with van der Waals surface area (Å²) in [6, 6.07) is 14.0. The van der Waals surface area contributed by atoms with Gasteiger partial charge in [0, 0.05) is 29.7 Å². The van der Waals surface area contributed by atoms with Gasteiger partial charge in [-0.25, -0.2) is 0 Å². The minimum Gasteiger partial charge on any atom is -0.326 e. The monoisotopic (exact) mass is 454 g/mol. The standard InChI is InChI=1S/C21H19ClN6O2S/c1-3-28-20(14-5-4-6-17(9-14)24-13(2)29)26-27-21(28)31-12-19(30)25-18-10-16(22)8-7-15(18)11-23/h4-10H,3,12H2,1-2H3,(H,24,29)(H,25,30). The zero-order valence-electron chi connectivity index (χ0n) is 16.8. The molecule has 3 rings (SSSR count). The second-order valence-corrected chi connectivity index (χ2v) is 7.83.